The van der Waals surface area contributed by atoms with E-state index in [-0.39, 0.29) is 5.92 Å². The van der Waals surface area contributed by atoms with Gasteiger partial charge in [0.1, 0.15) is 11.9 Å². The minimum atomic E-state index is -0.895. The molecule has 2 atom stereocenters. The molecule has 0 saturated carbocycles. The third kappa shape index (κ3) is 0.897. The Bertz CT molecular complexity index is 288. The number of fused-ring (bicyclic) bond motifs is 1. The third-order valence-electron chi connectivity index (χ3n) is 2.08. The highest BCUT2D eigenvalue weighted by atomic mass is 19.1. The van der Waals surface area contributed by atoms with Crippen LogP contribution < -0.4 is 0 Å². The number of rotatable bonds is 0. The second-order valence-electron chi connectivity index (χ2n) is 2.83. The van der Waals surface area contributed by atoms with Crippen molar-refractivity contribution in [1.29, 1.82) is 0 Å². The molecule has 0 amide bonds. The van der Waals surface area contributed by atoms with Crippen molar-refractivity contribution >= 4 is 6.08 Å². The fraction of sp³-hybridized carbons (Fsp3) is 0.333. The van der Waals surface area contributed by atoms with E-state index >= 15 is 0 Å². The Hall–Kier alpha value is -1.05. The first-order valence-electron chi connectivity index (χ1n) is 3.68. The van der Waals surface area contributed by atoms with Gasteiger partial charge in [0.05, 0.1) is 6.26 Å². The van der Waals surface area contributed by atoms with Crippen LogP contribution in [0.4, 0.5) is 4.39 Å². The molecule has 58 valence electrons. The Kier molecular flexibility index (Phi) is 1.34. The lowest BCUT2D eigenvalue weighted by molar-refractivity contribution is 0.317. The average Bonchev–Trinajstić information content (AvgIpc) is 2.45. The minimum absolute atomic E-state index is 0.134. The summed E-state index contributed by atoms with van der Waals surface area (Å²) in [6, 6.07) is 1.86. The van der Waals surface area contributed by atoms with Gasteiger partial charge < -0.3 is 4.42 Å². The van der Waals surface area contributed by atoms with Crippen molar-refractivity contribution in [1.82, 2.24) is 0 Å². The Morgan fingerprint density at radius 2 is 2.36 bits per heavy atom. The zero-order chi connectivity index (χ0) is 7.84. The zero-order valence-electron chi connectivity index (χ0n) is 6.25. The molecule has 1 aromatic rings. The molecule has 0 fully saturated rings. The number of hydrogen-bond donors (Lipinski definition) is 0. The molecule has 0 saturated heterocycles. The predicted octanol–water partition coefficient (Wildman–Crippen LogP) is 2.75. The van der Waals surface area contributed by atoms with Crippen LogP contribution >= 0.6 is 0 Å². The summed E-state index contributed by atoms with van der Waals surface area (Å²) in [6.45, 7) is 1.83. The van der Waals surface area contributed by atoms with E-state index in [9.17, 15) is 4.39 Å². The van der Waals surface area contributed by atoms with E-state index in [2.05, 4.69) is 0 Å². The summed E-state index contributed by atoms with van der Waals surface area (Å²) in [4.78, 5) is 0. The summed E-state index contributed by atoms with van der Waals surface area (Å²) in [5.74, 6) is 0.630. The van der Waals surface area contributed by atoms with Crippen molar-refractivity contribution in [2.24, 2.45) is 0 Å². The lowest BCUT2D eigenvalue weighted by atomic mass is 9.94. The molecule has 2 rings (SSSR count). The highest BCUT2D eigenvalue weighted by molar-refractivity contribution is 5.55. The Morgan fingerprint density at radius 3 is 3.18 bits per heavy atom. The lowest BCUT2D eigenvalue weighted by Crippen LogP contribution is -2.11. The summed E-state index contributed by atoms with van der Waals surface area (Å²) < 4.78 is 18.1. The predicted molar refractivity (Wildman–Crippen MR) is 41.1 cm³/mol. The van der Waals surface area contributed by atoms with Crippen LogP contribution in [-0.2, 0) is 0 Å². The van der Waals surface area contributed by atoms with Crippen molar-refractivity contribution in [3.63, 3.8) is 0 Å². The van der Waals surface area contributed by atoms with Gasteiger partial charge in [0, 0.05) is 11.5 Å². The van der Waals surface area contributed by atoms with Crippen LogP contribution in [0.2, 0.25) is 0 Å². The summed E-state index contributed by atoms with van der Waals surface area (Å²) in [5, 5.41) is 0. The maximum atomic E-state index is 13.0. The molecule has 2 heteroatoms. The van der Waals surface area contributed by atoms with Crippen molar-refractivity contribution in [2.45, 2.75) is 19.0 Å². The maximum absolute atomic E-state index is 13.0. The van der Waals surface area contributed by atoms with E-state index in [1.54, 1.807) is 18.4 Å². The first-order chi connectivity index (χ1) is 5.29. The van der Waals surface area contributed by atoms with E-state index in [1.807, 2.05) is 13.0 Å². The summed E-state index contributed by atoms with van der Waals surface area (Å²) in [5.41, 5.74) is 1.01. The quantitative estimate of drug-likeness (QED) is 0.557. The van der Waals surface area contributed by atoms with Crippen molar-refractivity contribution in [3.05, 3.63) is 29.7 Å². The molecule has 0 aromatic carbocycles. The van der Waals surface area contributed by atoms with Gasteiger partial charge in [-0.2, -0.15) is 0 Å². The molecule has 0 spiro atoms. The summed E-state index contributed by atoms with van der Waals surface area (Å²) >= 11 is 0. The van der Waals surface area contributed by atoms with E-state index in [0.717, 1.165) is 11.3 Å². The first kappa shape index (κ1) is 6.65. The first-order valence-corrected chi connectivity index (χ1v) is 3.68. The van der Waals surface area contributed by atoms with Crippen LogP contribution in [0, 0.1) is 0 Å². The number of halogens is 1. The van der Waals surface area contributed by atoms with Crippen LogP contribution in [0.15, 0.2) is 22.8 Å². The Labute approximate surface area is 64.5 Å². The van der Waals surface area contributed by atoms with Gasteiger partial charge in [-0.3, -0.25) is 0 Å². The van der Waals surface area contributed by atoms with Crippen LogP contribution in [0.1, 0.15) is 24.2 Å². The topological polar surface area (TPSA) is 13.1 Å². The molecule has 1 heterocycles. The van der Waals surface area contributed by atoms with E-state index in [4.69, 9.17) is 4.42 Å². The monoisotopic (exact) mass is 152 g/mol. The number of alkyl halides is 1. The highest BCUT2D eigenvalue weighted by Gasteiger charge is 2.24. The number of furan rings is 1. The third-order valence-corrected chi connectivity index (χ3v) is 2.08. The van der Waals surface area contributed by atoms with Crippen molar-refractivity contribution in [2.75, 3.05) is 0 Å². The Balaban J connectivity index is 2.48. The fourth-order valence-electron chi connectivity index (χ4n) is 1.35. The molecule has 2 unspecified atom stereocenters. The molecule has 0 radical (unpaired) electrons. The Morgan fingerprint density at radius 1 is 1.55 bits per heavy atom. The second kappa shape index (κ2) is 2.22. The van der Waals surface area contributed by atoms with Crippen LogP contribution in [0.5, 0.6) is 0 Å². The highest BCUT2D eigenvalue weighted by Crippen LogP contribution is 2.31. The molecule has 0 aliphatic heterocycles. The largest absolute Gasteiger partial charge is 0.468 e. The summed E-state index contributed by atoms with van der Waals surface area (Å²) in [6.07, 6.45) is 4.05. The molecular weight excluding hydrogens is 143 g/mol. The van der Waals surface area contributed by atoms with Crippen molar-refractivity contribution in [3.8, 4) is 0 Å². The molecule has 0 N–H and O–H groups in total. The molecule has 1 aromatic heterocycles. The minimum Gasteiger partial charge on any atom is -0.468 e. The molecular formula is C9H9FO. The maximum Gasteiger partial charge on any atom is 0.128 e. The van der Waals surface area contributed by atoms with Crippen LogP contribution in [-0.4, -0.2) is 6.17 Å². The van der Waals surface area contributed by atoms with Gasteiger partial charge >= 0.3 is 0 Å². The zero-order valence-corrected chi connectivity index (χ0v) is 6.25. The fourth-order valence-corrected chi connectivity index (χ4v) is 1.35. The lowest BCUT2D eigenvalue weighted by Gasteiger charge is -2.15. The van der Waals surface area contributed by atoms with Gasteiger partial charge in [-0.1, -0.05) is 13.0 Å². The van der Waals surface area contributed by atoms with E-state index in [0.29, 0.717) is 0 Å². The van der Waals surface area contributed by atoms with Gasteiger partial charge in [-0.15, -0.1) is 0 Å². The molecule has 1 aliphatic carbocycles. The molecule has 1 aliphatic rings. The van der Waals surface area contributed by atoms with Gasteiger partial charge in [0.15, 0.2) is 0 Å². The number of hydrogen-bond acceptors (Lipinski definition) is 1. The van der Waals surface area contributed by atoms with Crippen LogP contribution in [0.3, 0.4) is 0 Å². The summed E-state index contributed by atoms with van der Waals surface area (Å²) in [7, 11) is 0. The standard InChI is InChI=1S/C9H9FO/c1-6-8(10)3-2-7-4-5-11-9(6)7/h2-6,8H,1H3. The normalized spacial score (nSPS) is 28.5. The SMILES string of the molecule is CC1c2occc2C=CC1F. The smallest absolute Gasteiger partial charge is 0.128 e. The molecule has 1 nitrogen and oxygen atoms in total. The number of allylic oxidation sites excluding steroid dienone is 1. The molecule has 0 bridgehead atoms. The van der Waals surface area contributed by atoms with Crippen molar-refractivity contribution < 1.29 is 8.81 Å². The van der Waals surface area contributed by atoms with E-state index in [1.165, 1.54) is 0 Å². The van der Waals surface area contributed by atoms with Gasteiger partial charge in [0.2, 0.25) is 0 Å². The van der Waals surface area contributed by atoms with Gasteiger partial charge in [-0.05, 0) is 12.1 Å². The average molecular weight is 152 g/mol. The van der Waals surface area contributed by atoms with Gasteiger partial charge in [0.25, 0.3) is 0 Å². The van der Waals surface area contributed by atoms with Crippen LogP contribution in [0.25, 0.3) is 6.08 Å². The molecule has 11 heavy (non-hydrogen) atoms. The van der Waals surface area contributed by atoms with Gasteiger partial charge in [-0.25, -0.2) is 4.39 Å². The van der Waals surface area contributed by atoms with E-state index < -0.39 is 6.17 Å². The second-order valence-corrected chi connectivity index (χ2v) is 2.83.